The summed E-state index contributed by atoms with van der Waals surface area (Å²) in [4.78, 5) is 39.0. The van der Waals surface area contributed by atoms with Crippen molar-refractivity contribution in [1.82, 2.24) is 5.32 Å². The molecule has 0 aliphatic carbocycles. The van der Waals surface area contributed by atoms with Crippen LogP contribution in [-0.4, -0.2) is 17.8 Å². The number of nitrogens with zero attached hydrogens (tertiary/aromatic N) is 1. The first kappa shape index (κ1) is 23.2. The van der Waals surface area contributed by atoms with Crippen LogP contribution in [0.4, 0.5) is 10.5 Å². The topological polar surface area (TPSA) is 75.7 Å². The normalized spacial score (nSPS) is 15.1. The molecule has 1 fully saturated rings. The number of carbonyl (C=O) groups excluding carboxylic acids is 3. The quantitative estimate of drug-likeness (QED) is 0.288. The van der Waals surface area contributed by atoms with Crippen molar-refractivity contribution in [3.63, 3.8) is 0 Å². The van der Waals surface area contributed by atoms with Gasteiger partial charge in [0.25, 0.3) is 11.8 Å². The van der Waals surface area contributed by atoms with Crippen LogP contribution in [0, 0.1) is 0 Å². The van der Waals surface area contributed by atoms with Crippen LogP contribution in [0.15, 0.2) is 81.2 Å². The van der Waals surface area contributed by atoms with Gasteiger partial charge in [-0.2, -0.15) is 0 Å². The zero-order valence-electron chi connectivity index (χ0n) is 16.8. The van der Waals surface area contributed by atoms with Gasteiger partial charge in [0.2, 0.25) is 0 Å². The summed E-state index contributed by atoms with van der Waals surface area (Å²) in [6.07, 6.45) is 1.40. The van der Waals surface area contributed by atoms with Crippen molar-refractivity contribution in [2.24, 2.45) is 0 Å². The van der Waals surface area contributed by atoms with Crippen LogP contribution in [0.5, 0.6) is 5.75 Å². The van der Waals surface area contributed by atoms with E-state index in [2.05, 4.69) is 37.2 Å². The molecule has 166 valence electrons. The van der Waals surface area contributed by atoms with E-state index >= 15 is 0 Å². The van der Waals surface area contributed by atoms with Crippen molar-refractivity contribution < 1.29 is 19.1 Å². The zero-order chi connectivity index (χ0) is 23.5. The van der Waals surface area contributed by atoms with Gasteiger partial charge in [0.15, 0.2) is 0 Å². The summed E-state index contributed by atoms with van der Waals surface area (Å²) < 4.78 is 7.32. The summed E-state index contributed by atoms with van der Waals surface area (Å²) in [5, 5.41) is 2.78. The van der Waals surface area contributed by atoms with E-state index in [4.69, 9.17) is 16.3 Å². The third kappa shape index (κ3) is 5.03. The number of carbonyl (C=O) groups is 3. The summed E-state index contributed by atoms with van der Waals surface area (Å²) in [7, 11) is 0. The second-order valence-electron chi connectivity index (χ2n) is 6.98. The van der Waals surface area contributed by atoms with E-state index in [0.717, 1.165) is 10.5 Å². The minimum Gasteiger partial charge on any atom is -0.487 e. The minimum absolute atomic E-state index is 0.171. The molecule has 0 spiro atoms. The third-order valence-corrected chi connectivity index (χ3v) is 6.20. The van der Waals surface area contributed by atoms with Gasteiger partial charge >= 0.3 is 6.03 Å². The molecule has 0 radical (unpaired) electrons. The van der Waals surface area contributed by atoms with Gasteiger partial charge in [-0.05, 0) is 52.3 Å². The number of nitrogens with one attached hydrogen (secondary N) is 1. The van der Waals surface area contributed by atoms with Crippen LogP contribution in [0.25, 0.3) is 6.08 Å². The predicted octanol–water partition coefficient (Wildman–Crippen LogP) is 6.11. The maximum atomic E-state index is 13.2. The number of benzene rings is 3. The van der Waals surface area contributed by atoms with E-state index in [1.807, 2.05) is 18.2 Å². The van der Waals surface area contributed by atoms with Crippen LogP contribution in [0.2, 0.25) is 5.02 Å². The van der Waals surface area contributed by atoms with E-state index < -0.39 is 17.8 Å². The van der Waals surface area contributed by atoms with Crippen molar-refractivity contribution in [2.75, 3.05) is 4.90 Å². The standard InChI is InChI=1S/C24H15Br2ClN2O4/c25-16-10-15(21(19(26)12-16)33-13-14-6-4-5-9-20(14)27)11-18-22(30)28-24(32)29(23(18)31)17-7-2-1-3-8-17/h1-12H,13H2,(H,28,30,32)/b18-11+. The van der Waals surface area contributed by atoms with Crippen LogP contribution in [-0.2, 0) is 16.2 Å². The predicted molar refractivity (Wildman–Crippen MR) is 133 cm³/mol. The monoisotopic (exact) mass is 588 g/mol. The number of hydrogen-bond donors (Lipinski definition) is 1. The molecule has 0 atom stereocenters. The Hall–Kier alpha value is -2.94. The molecule has 0 aromatic heterocycles. The van der Waals surface area contributed by atoms with Crippen molar-refractivity contribution in [2.45, 2.75) is 6.61 Å². The van der Waals surface area contributed by atoms with Crippen molar-refractivity contribution >= 4 is 73.1 Å². The third-order valence-electron chi connectivity index (χ3n) is 4.78. The Morgan fingerprint density at radius 3 is 2.39 bits per heavy atom. The average molecular weight is 591 g/mol. The van der Waals surface area contributed by atoms with Gasteiger partial charge in [0, 0.05) is 20.6 Å². The Kier molecular flexibility index (Phi) is 6.97. The first-order valence-corrected chi connectivity index (χ1v) is 11.6. The highest BCUT2D eigenvalue weighted by atomic mass is 79.9. The average Bonchev–Trinajstić information content (AvgIpc) is 2.77. The smallest absolute Gasteiger partial charge is 0.335 e. The molecule has 4 rings (SSSR count). The molecule has 3 aromatic rings. The Morgan fingerprint density at radius 2 is 1.67 bits per heavy atom. The number of amides is 4. The van der Waals surface area contributed by atoms with Crippen LogP contribution in [0.1, 0.15) is 11.1 Å². The number of imide groups is 2. The molecule has 0 bridgehead atoms. The molecule has 33 heavy (non-hydrogen) atoms. The molecular formula is C24H15Br2ClN2O4. The van der Waals surface area contributed by atoms with Crippen LogP contribution < -0.4 is 15.0 Å². The van der Waals surface area contributed by atoms with E-state index in [9.17, 15) is 14.4 Å². The van der Waals surface area contributed by atoms with E-state index in [-0.39, 0.29) is 12.2 Å². The maximum absolute atomic E-state index is 13.2. The zero-order valence-corrected chi connectivity index (χ0v) is 20.8. The van der Waals surface area contributed by atoms with Gasteiger partial charge in [-0.25, -0.2) is 9.69 Å². The first-order chi connectivity index (χ1) is 15.8. The highest BCUT2D eigenvalue weighted by Gasteiger charge is 2.37. The number of hydrogen-bond acceptors (Lipinski definition) is 4. The molecule has 9 heteroatoms. The summed E-state index contributed by atoms with van der Waals surface area (Å²) in [5.41, 5.74) is 1.39. The fourth-order valence-electron chi connectivity index (χ4n) is 3.23. The lowest BCUT2D eigenvalue weighted by Crippen LogP contribution is -2.54. The molecule has 1 heterocycles. The lowest BCUT2D eigenvalue weighted by Gasteiger charge is -2.26. The van der Waals surface area contributed by atoms with E-state index in [1.165, 1.54) is 6.08 Å². The number of para-hydroxylation sites is 1. The molecule has 1 aliphatic heterocycles. The molecular weight excluding hydrogens is 576 g/mol. The van der Waals surface area contributed by atoms with Gasteiger partial charge in [-0.3, -0.25) is 14.9 Å². The van der Waals surface area contributed by atoms with Crippen molar-refractivity contribution in [3.05, 3.63) is 97.4 Å². The summed E-state index contributed by atoms with van der Waals surface area (Å²) in [6.45, 7) is 0.171. The number of ether oxygens (including phenoxy) is 1. The van der Waals surface area contributed by atoms with Gasteiger partial charge in [0.05, 0.1) is 10.2 Å². The fourth-order valence-corrected chi connectivity index (χ4v) is 4.79. The molecule has 0 unspecified atom stereocenters. The number of urea groups is 1. The van der Waals surface area contributed by atoms with Crippen molar-refractivity contribution in [1.29, 1.82) is 0 Å². The Bertz CT molecular complexity index is 1290. The first-order valence-electron chi connectivity index (χ1n) is 9.67. The SMILES string of the molecule is O=C1NC(=O)N(c2ccccc2)C(=O)/C1=C/c1cc(Br)cc(Br)c1OCc1ccccc1Cl. The summed E-state index contributed by atoms with van der Waals surface area (Å²) in [5.74, 6) is -1.11. The molecule has 1 saturated heterocycles. The maximum Gasteiger partial charge on any atom is 0.335 e. The van der Waals surface area contributed by atoms with Gasteiger partial charge in [0.1, 0.15) is 17.9 Å². The highest BCUT2D eigenvalue weighted by Crippen LogP contribution is 2.36. The molecule has 0 saturated carbocycles. The second kappa shape index (κ2) is 9.91. The molecule has 4 amide bonds. The molecule has 6 nitrogen and oxygen atoms in total. The Balaban J connectivity index is 1.72. The largest absolute Gasteiger partial charge is 0.487 e. The number of rotatable bonds is 5. The molecule has 1 N–H and O–H groups in total. The van der Waals surface area contributed by atoms with E-state index in [0.29, 0.717) is 31.0 Å². The summed E-state index contributed by atoms with van der Waals surface area (Å²) >= 11 is 13.1. The Morgan fingerprint density at radius 1 is 0.970 bits per heavy atom. The van der Waals surface area contributed by atoms with Gasteiger partial charge in [-0.1, -0.05) is 63.9 Å². The second-order valence-corrected chi connectivity index (χ2v) is 9.16. The highest BCUT2D eigenvalue weighted by molar-refractivity contribution is 9.11. The van der Waals surface area contributed by atoms with Gasteiger partial charge in [-0.15, -0.1) is 0 Å². The van der Waals surface area contributed by atoms with E-state index in [1.54, 1.807) is 48.5 Å². The minimum atomic E-state index is -0.807. The lowest BCUT2D eigenvalue weighted by atomic mass is 10.1. The number of barbiturate groups is 1. The van der Waals surface area contributed by atoms with Crippen LogP contribution in [0.3, 0.4) is 0 Å². The summed E-state index contributed by atoms with van der Waals surface area (Å²) in [6, 6.07) is 18.3. The fraction of sp³-hybridized carbons (Fsp3) is 0.0417. The number of anilines is 1. The molecule has 3 aromatic carbocycles. The number of halogens is 3. The van der Waals surface area contributed by atoms with Crippen LogP contribution >= 0.6 is 43.5 Å². The molecule has 1 aliphatic rings. The van der Waals surface area contributed by atoms with Crippen molar-refractivity contribution in [3.8, 4) is 5.75 Å². The van der Waals surface area contributed by atoms with Gasteiger partial charge < -0.3 is 4.74 Å². The Labute approximate surface area is 211 Å². The lowest BCUT2D eigenvalue weighted by molar-refractivity contribution is -0.122.